The van der Waals surface area contributed by atoms with E-state index in [2.05, 4.69) is 59.7 Å². The Morgan fingerprint density at radius 3 is 2.70 bits per heavy atom. The van der Waals surface area contributed by atoms with Gasteiger partial charge in [-0.15, -0.1) is 12.4 Å². The maximum absolute atomic E-state index is 12.5. The van der Waals surface area contributed by atoms with Crippen molar-refractivity contribution in [2.75, 3.05) is 51.3 Å². The van der Waals surface area contributed by atoms with Crippen molar-refractivity contribution in [3.05, 3.63) is 46.4 Å². The second kappa shape index (κ2) is 11.9. The highest BCUT2D eigenvalue weighted by atomic mass is 79.9. The number of hydrogen-bond donors (Lipinski definition) is 2. The van der Waals surface area contributed by atoms with E-state index in [0.29, 0.717) is 16.8 Å². The molecular formula is C23H28BrClN4O3S. The number of hydrogen-bond acceptors (Lipinski definition) is 7. The molecular weight excluding hydrogens is 528 g/mol. The first-order valence-corrected chi connectivity index (χ1v) is 12.3. The molecule has 10 heteroatoms. The number of aromatic hydroxyl groups is 1. The van der Waals surface area contributed by atoms with E-state index < -0.39 is 0 Å². The highest BCUT2D eigenvalue weighted by Gasteiger charge is 2.21. The van der Waals surface area contributed by atoms with Gasteiger partial charge in [0.15, 0.2) is 0 Å². The molecule has 1 saturated heterocycles. The topological polar surface area (TPSA) is 77.9 Å². The molecule has 2 heterocycles. The first-order valence-electron chi connectivity index (χ1n) is 10.7. The molecule has 0 unspecified atom stereocenters. The average molecular weight is 556 g/mol. The van der Waals surface area contributed by atoms with Crippen LogP contribution in [-0.4, -0.2) is 66.7 Å². The molecule has 1 fully saturated rings. The highest BCUT2D eigenvalue weighted by molar-refractivity contribution is 9.10. The van der Waals surface area contributed by atoms with E-state index >= 15 is 0 Å². The monoisotopic (exact) mass is 554 g/mol. The summed E-state index contributed by atoms with van der Waals surface area (Å²) in [5.74, 6) is 1.03. The Hall–Kier alpha value is -2.07. The Morgan fingerprint density at radius 2 is 1.94 bits per heavy atom. The Kier molecular flexibility index (Phi) is 9.19. The number of methoxy groups -OCH3 is 1. The maximum atomic E-state index is 12.5. The first-order chi connectivity index (χ1) is 15.6. The minimum absolute atomic E-state index is 0. The number of carbonyl (C=O) groups is 1. The molecule has 0 aliphatic carbocycles. The molecule has 0 radical (unpaired) electrons. The van der Waals surface area contributed by atoms with E-state index in [1.54, 1.807) is 23.7 Å². The zero-order valence-electron chi connectivity index (χ0n) is 18.4. The first kappa shape index (κ1) is 25.6. The second-order valence-corrected chi connectivity index (χ2v) is 9.43. The van der Waals surface area contributed by atoms with Gasteiger partial charge in [0, 0.05) is 38.1 Å². The fraction of sp³-hybridized carbons (Fsp3) is 0.391. The van der Waals surface area contributed by atoms with E-state index in [-0.39, 0.29) is 29.6 Å². The van der Waals surface area contributed by atoms with Gasteiger partial charge in [-0.2, -0.15) is 4.37 Å². The van der Waals surface area contributed by atoms with Gasteiger partial charge in [0.25, 0.3) is 5.91 Å². The van der Waals surface area contributed by atoms with E-state index in [9.17, 15) is 9.90 Å². The quantitative estimate of drug-likeness (QED) is 0.398. The van der Waals surface area contributed by atoms with Crippen LogP contribution in [0.15, 0.2) is 40.9 Å². The molecule has 1 aliphatic heterocycles. The Labute approximate surface area is 212 Å². The number of fused-ring (bicyclic) bond motifs is 1. The third-order valence-electron chi connectivity index (χ3n) is 5.75. The zero-order chi connectivity index (χ0) is 22.5. The standard InChI is InChI=1S/C23H27BrN4O3S.ClH/c1-31-18-9-8-17(24)21(29)20(18)23(30)25-10-4-5-11-27-12-14-28(15-13-27)22-16-6-2-3-7-19(16)32-26-22;/h2-3,6-9,29H,4-5,10-15H2,1H3,(H,25,30);1H. The summed E-state index contributed by atoms with van der Waals surface area (Å²) in [5.41, 5.74) is 0.160. The number of amides is 1. The number of unbranched alkanes of at least 4 members (excludes halogenated alkanes) is 1. The predicted molar refractivity (Wildman–Crippen MR) is 139 cm³/mol. The van der Waals surface area contributed by atoms with Gasteiger partial charge in [-0.25, -0.2) is 0 Å². The molecule has 0 spiro atoms. The third kappa shape index (κ3) is 5.90. The van der Waals surface area contributed by atoms with E-state index in [0.717, 1.165) is 51.4 Å². The number of rotatable bonds is 8. The number of piperazine rings is 1. The average Bonchev–Trinajstić information content (AvgIpc) is 3.25. The Morgan fingerprint density at radius 1 is 1.18 bits per heavy atom. The zero-order valence-corrected chi connectivity index (χ0v) is 21.6. The molecule has 1 aromatic heterocycles. The predicted octanol–water partition coefficient (Wildman–Crippen LogP) is 4.53. The van der Waals surface area contributed by atoms with Gasteiger partial charge < -0.3 is 20.1 Å². The summed E-state index contributed by atoms with van der Waals surface area (Å²) in [4.78, 5) is 17.4. The summed E-state index contributed by atoms with van der Waals surface area (Å²) >= 11 is 4.81. The molecule has 33 heavy (non-hydrogen) atoms. The van der Waals surface area contributed by atoms with Crippen molar-refractivity contribution in [1.29, 1.82) is 0 Å². The number of nitrogens with one attached hydrogen (secondary N) is 1. The van der Waals surface area contributed by atoms with Crippen LogP contribution in [0, 0.1) is 0 Å². The molecule has 0 bridgehead atoms. The van der Waals surface area contributed by atoms with Gasteiger partial charge in [0.1, 0.15) is 22.9 Å². The van der Waals surface area contributed by atoms with Crippen LogP contribution in [0.2, 0.25) is 0 Å². The summed E-state index contributed by atoms with van der Waals surface area (Å²) in [7, 11) is 1.48. The molecule has 2 aromatic carbocycles. The number of aromatic nitrogens is 1. The number of benzene rings is 2. The largest absolute Gasteiger partial charge is 0.506 e. The molecule has 1 aliphatic rings. The van der Waals surface area contributed by atoms with Crippen LogP contribution in [0.5, 0.6) is 11.5 Å². The van der Waals surface area contributed by atoms with E-state index in [1.165, 1.54) is 17.2 Å². The molecule has 0 atom stereocenters. The number of halogens is 2. The summed E-state index contributed by atoms with van der Waals surface area (Å²) < 4.78 is 11.6. The van der Waals surface area contributed by atoms with E-state index in [1.807, 2.05) is 0 Å². The van der Waals surface area contributed by atoms with Gasteiger partial charge in [0.05, 0.1) is 16.3 Å². The summed E-state index contributed by atoms with van der Waals surface area (Å²) in [6.07, 6.45) is 1.88. The van der Waals surface area contributed by atoms with Gasteiger partial charge in [-0.05, 0) is 71.1 Å². The molecule has 3 aromatic rings. The van der Waals surface area contributed by atoms with Crippen LogP contribution in [-0.2, 0) is 0 Å². The fourth-order valence-corrected chi connectivity index (χ4v) is 5.10. The van der Waals surface area contributed by atoms with Crippen molar-refractivity contribution in [3.8, 4) is 11.5 Å². The Bertz CT molecular complexity index is 1090. The number of ether oxygens (including phenoxy) is 1. The van der Waals surface area contributed by atoms with Gasteiger partial charge in [-0.1, -0.05) is 12.1 Å². The minimum Gasteiger partial charge on any atom is -0.506 e. The fourth-order valence-electron chi connectivity index (χ4n) is 3.97. The number of nitrogens with zero attached hydrogens (tertiary/aromatic N) is 3. The van der Waals surface area contributed by atoms with Gasteiger partial charge in [-0.3, -0.25) is 9.69 Å². The normalized spacial score (nSPS) is 14.2. The smallest absolute Gasteiger partial charge is 0.258 e. The molecule has 4 rings (SSSR count). The third-order valence-corrected chi connectivity index (χ3v) is 7.21. The van der Waals surface area contributed by atoms with Crippen LogP contribution >= 0.6 is 39.9 Å². The lowest BCUT2D eigenvalue weighted by atomic mass is 10.1. The SMILES string of the molecule is COc1ccc(Br)c(O)c1C(=O)NCCCCN1CCN(c2nsc3ccccc23)CC1.Cl. The lowest BCUT2D eigenvalue weighted by molar-refractivity contribution is 0.0946. The van der Waals surface area contributed by atoms with Gasteiger partial charge in [0.2, 0.25) is 0 Å². The number of anilines is 1. The van der Waals surface area contributed by atoms with Crippen LogP contribution < -0.4 is 15.0 Å². The highest BCUT2D eigenvalue weighted by Crippen LogP contribution is 2.34. The lowest BCUT2D eigenvalue weighted by Gasteiger charge is -2.35. The van der Waals surface area contributed by atoms with Crippen LogP contribution in [0.4, 0.5) is 5.82 Å². The molecule has 7 nitrogen and oxygen atoms in total. The van der Waals surface area contributed by atoms with Gasteiger partial charge >= 0.3 is 0 Å². The Balaban J connectivity index is 0.00000306. The molecule has 1 amide bonds. The number of phenolic OH excluding ortho intramolecular Hbond substituents is 1. The summed E-state index contributed by atoms with van der Waals surface area (Å²) in [5, 5.41) is 14.3. The maximum Gasteiger partial charge on any atom is 0.258 e. The summed E-state index contributed by atoms with van der Waals surface area (Å²) in [6, 6.07) is 11.7. The van der Waals surface area contributed by atoms with Crippen LogP contribution in [0.3, 0.4) is 0 Å². The minimum atomic E-state index is -0.329. The van der Waals surface area contributed by atoms with Crippen molar-refractivity contribution in [1.82, 2.24) is 14.6 Å². The molecule has 0 saturated carbocycles. The van der Waals surface area contributed by atoms with Crippen LogP contribution in [0.1, 0.15) is 23.2 Å². The second-order valence-electron chi connectivity index (χ2n) is 7.77. The van der Waals surface area contributed by atoms with Crippen molar-refractivity contribution in [3.63, 3.8) is 0 Å². The van der Waals surface area contributed by atoms with E-state index in [4.69, 9.17) is 4.74 Å². The summed E-state index contributed by atoms with van der Waals surface area (Å²) in [6.45, 7) is 5.55. The van der Waals surface area contributed by atoms with Crippen molar-refractivity contribution >= 4 is 61.7 Å². The number of carbonyl (C=O) groups excluding carboxylic acids is 1. The molecule has 2 N–H and O–H groups in total. The van der Waals surface area contributed by atoms with Crippen molar-refractivity contribution in [2.45, 2.75) is 12.8 Å². The lowest BCUT2D eigenvalue weighted by Crippen LogP contribution is -2.46. The molecule has 178 valence electrons. The number of phenols is 1. The van der Waals surface area contributed by atoms with Crippen LogP contribution in [0.25, 0.3) is 10.1 Å². The van der Waals surface area contributed by atoms with Crippen molar-refractivity contribution in [2.24, 2.45) is 0 Å². The van der Waals surface area contributed by atoms with Crippen molar-refractivity contribution < 1.29 is 14.6 Å².